The van der Waals surface area contributed by atoms with Crippen LogP contribution < -0.4 is 0 Å². The molecule has 7 heavy (non-hydrogen) atoms. The van der Waals surface area contributed by atoms with Crippen LogP contribution >= 0.6 is 26.8 Å². The summed E-state index contributed by atoms with van der Waals surface area (Å²) in [5.74, 6) is 3.50. The van der Waals surface area contributed by atoms with Crippen LogP contribution in [0.5, 0.6) is 0 Å². The molecule has 0 saturated heterocycles. The van der Waals surface area contributed by atoms with Gasteiger partial charge < -0.3 is 0 Å². The van der Waals surface area contributed by atoms with Crippen LogP contribution in [0.15, 0.2) is 24.8 Å². The summed E-state index contributed by atoms with van der Waals surface area (Å²) < 4.78 is 0. The third-order valence-electron chi connectivity index (χ3n) is 0.560. The SMILES string of the molecule is [B][P+](I)(C=C)C=C. The number of halogens is 1. The van der Waals surface area contributed by atoms with Crippen molar-refractivity contribution in [1.29, 1.82) is 0 Å². The van der Waals surface area contributed by atoms with E-state index in [1.165, 1.54) is 0 Å². The minimum absolute atomic E-state index is 1.41. The summed E-state index contributed by atoms with van der Waals surface area (Å²) in [6.07, 6.45) is 0. The Kier molecular flexibility index (Phi) is 3.17. The highest BCUT2D eigenvalue weighted by Crippen LogP contribution is 2.64. The molecule has 0 aliphatic rings. The molecular weight excluding hydrogens is 217 g/mol. The van der Waals surface area contributed by atoms with Gasteiger partial charge in [0.15, 0.2) is 0 Å². The summed E-state index contributed by atoms with van der Waals surface area (Å²) in [7, 11) is 5.58. The molecule has 2 radical (unpaired) electrons. The zero-order valence-electron chi connectivity index (χ0n) is 3.97. The van der Waals surface area contributed by atoms with Gasteiger partial charge in [-0.3, -0.25) is 0 Å². The monoisotopic (exact) mass is 223 g/mol. The highest BCUT2D eigenvalue weighted by molar-refractivity contribution is 14.2. The standard InChI is InChI=1S/C4H6BIP/c1-3-7(5,6)4-2/h3-4H,1-2H2/q+1. The first-order valence-corrected chi connectivity index (χ1v) is 6.54. The van der Waals surface area contributed by atoms with Gasteiger partial charge in [-0.1, -0.05) is 13.2 Å². The van der Waals surface area contributed by atoms with Crippen molar-refractivity contribution in [1.82, 2.24) is 0 Å². The van der Waals surface area contributed by atoms with Crippen molar-refractivity contribution in [3.63, 3.8) is 0 Å². The molecule has 3 heteroatoms. The Labute approximate surface area is 59.3 Å². The molecule has 0 amide bonds. The second-order valence-electron chi connectivity index (χ2n) is 1.11. The summed E-state index contributed by atoms with van der Waals surface area (Å²) in [6, 6.07) is 0. The molecule has 0 saturated carbocycles. The van der Waals surface area contributed by atoms with E-state index >= 15 is 0 Å². The van der Waals surface area contributed by atoms with Gasteiger partial charge in [0.25, 0.3) is 0 Å². The van der Waals surface area contributed by atoms with Gasteiger partial charge in [0.05, 0.1) is 4.78 Å². The fourth-order valence-electron chi connectivity index (χ4n) is 0.0745. The Bertz CT molecular complexity index is 79.7. The van der Waals surface area contributed by atoms with Gasteiger partial charge in [-0.15, -0.1) is 0 Å². The zero-order chi connectivity index (χ0) is 5.91. The molecule has 0 aliphatic carbocycles. The molecule has 0 N–H and O–H groups in total. The molecule has 0 rings (SSSR count). The number of rotatable bonds is 2. The highest BCUT2D eigenvalue weighted by Gasteiger charge is 2.18. The lowest BCUT2D eigenvalue weighted by Crippen LogP contribution is -1.64. The van der Waals surface area contributed by atoms with Gasteiger partial charge in [0.2, 0.25) is 0 Å². The Morgan fingerprint density at radius 1 is 1.43 bits per heavy atom. The van der Waals surface area contributed by atoms with Crippen molar-refractivity contribution in [3.8, 4) is 0 Å². The first-order chi connectivity index (χ1) is 3.12. The van der Waals surface area contributed by atoms with Crippen LogP contribution in [0.2, 0.25) is 0 Å². The minimum atomic E-state index is -1.41. The van der Waals surface area contributed by atoms with Gasteiger partial charge in [0.1, 0.15) is 22.0 Å². The summed E-state index contributed by atoms with van der Waals surface area (Å²) in [4.78, 5) is -1.41. The molecule has 0 aliphatic heterocycles. The second-order valence-corrected chi connectivity index (χ2v) is 8.33. The molecule has 0 bridgehead atoms. The Morgan fingerprint density at radius 2 is 1.71 bits per heavy atom. The van der Waals surface area contributed by atoms with Crippen LogP contribution in [0.4, 0.5) is 0 Å². The predicted molar refractivity (Wildman–Crippen MR) is 47.1 cm³/mol. The van der Waals surface area contributed by atoms with Crippen LogP contribution in [0, 0.1) is 0 Å². The van der Waals surface area contributed by atoms with Crippen LogP contribution in [0.3, 0.4) is 0 Å². The summed E-state index contributed by atoms with van der Waals surface area (Å²) in [6.45, 7) is 7.10. The lowest BCUT2D eigenvalue weighted by atomic mass is 10.8. The van der Waals surface area contributed by atoms with Gasteiger partial charge in [-0.25, -0.2) is 0 Å². The average molecular weight is 223 g/mol. The molecular formula is C4H6BIP+. The van der Waals surface area contributed by atoms with Crippen molar-refractivity contribution in [3.05, 3.63) is 24.8 Å². The lowest BCUT2D eigenvalue weighted by molar-refractivity contribution is 2.51. The molecule has 0 fully saturated rings. The average Bonchev–Trinajstić information content (AvgIpc) is 1.68. The Balaban J connectivity index is 3.82. The van der Waals surface area contributed by atoms with Crippen molar-refractivity contribution in [2.24, 2.45) is 0 Å². The fourth-order valence-corrected chi connectivity index (χ4v) is 0.224. The quantitative estimate of drug-likeness (QED) is 0.383. The van der Waals surface area contributed by atoms with E-state index < -0.39 is 4.78 Å². The molecule has 0 aromatic rings. The van der Waals surface area contributed by atoms with Crippen LogP contribution in [0.1, 0.15) is 0 Å². The van der Waals surface area contributed by atoms with Gasteiger partial charge in [0, 0.05) is 11.6 Å². The van der Waals surface area contributed by atoms with E-state index in [0.717, 1.165) is 0 Å². The van der Waals surface area contributed by atoms with E-state index in [9.17, 15) is 0 Å². The van der Waals surface area contributed by atoms with E-state index in [-0.39, 0.29) is 0 Å². The highest BCUT2D eigenvalue weighted by atomic mass is 127. The number of hydrogen-bond acceptors (Lipinski definition) is 0. The van der Waals surface area contributed by atoms with Crippen molar-refractivity contribution in [2.45, 2.75) is 0 Å². The fraction of sp³-hybridized carbons (Fsp3) is 0. The van der Waals surface area contributed by atoms with E-state index in [0.29, 0.717) is 0 Å². The molecule has 0 atom stereocenters. The summed E-state index contributed by atoms with van der Waals surface area (Å²) >= 11 is 2.16. The lowest BCUT2D eigenvalue weighted by Gasteiger charge is -1.97. The predicted octanol–water partition coefficient (Wildman–Crippen LogP) is 2.72. The van der Waals surface area contributed by atoms with Gasteiger partial charge in [-0.2, -0.15) is 0 Å². The van der Waals surface area contributed by atoms with Crippen molar-refractivity contribution >= 4 is 34.4 Å². The molecule has 0 spiro atoms. The summed E-state index contributed by atoms with van der Waals surface area (Å²) in [5.41, 5.74) is 0. The van der Waals surface area contributed by atoms with Crippen LogP contribution in [0.25, 0.3) is 0 Å². The second kappa shape index (κ2) is 2.88. The minimum Gasteiger partial charge on any atom is -0.0647 e. The first kappa shape index (κ1) is 7.70. The van der Waals surface area contributed by atoms with Crippen molar-refractivity contribution < 1.29 is 0 Å². The Morgan fingerprint density at radius 3 is 1.71 bits per heavy atom. The topological polar surface area (TPSA) is 0 Å². The normalized spacial score (nSPS) is 10.4. The first-order valence-electron chi connectivity index (χ1n) is 1.76. The van der Waals surface area contributed by atoms with E-state index in [1.54, 1.807) is 11.6 Å². The van der Waals surface area contributed by atoms with E-state index in [1.807, 2.05) is 0 Å². The maximum Gasteiger partial charge on any atom is 0.386 e. The van der Waals surface area contributed by atoms with Crippen LogP contribution in [-0.4, -0.2) is 7.57 Å². The van der Waals surface area contributed by atoms with Crippen molar-refractivity contribution in [2.75, 3.05) is 0 Å². The molecule has 0 unspecified atom stereocenters. The van der Waals surface area contributed by atoms with E-state index in [2.05, 4.69) is 35.2 Å². The van der Waals surface area contributed by atoms with E-state index in [4.69, 9.17) is 7.57 Å². The Hall–Kier alpha value is 0.705. The zero-order valence-corrected chi connectivity index (χ0v) is 7.02. The maximum absolute atomic E-state index is 5.58. The maximum atomic E-state index is 5.58. The van der Waals surface area contributed by atoms with Gasteiger partial charge >= 0.3 is 7.57 Å². The summed E-state index contributed by atoms with van der Waals surface area (Å²) in [5, 5.41) is 0. The smallest absolute Gasteiger partial charge is 0.0647 e. The third kappa shape index (κ3) is 3.30. The largest absolute Gasteiger partial charge is 0.386 e. The molecule has 36 valence electrons. The molecule has 0 nitrogen and oxygen atoms in total. The number of hydrogen-bond donors (Lipinski definition) is 0. The molecule has 0 aromatic heterocycles. The van der Waals surface area contributed by atoms with Crippen LogP contribution in [-0.2, 0) is 0 Å². The van der Waals surface area contributed by atoms with Gasteiger partial charge in [-0.05, 0) is 0 Å². The third-order valence-corrected chi connectivity index (χ3v) is 4.04. The molecule has 0 aromatic carbocycles. The molecule has 0 heterocycles.